The normalized spacial score (nSPS) is 18.0. The Bertz CT molecular complexity index is 863. The third kappa shape index (κ3) is 2.64. The van der Waals surface area contributed by atoms with Crippen LogP contribution in [-0.2, 0) is 0 Å². The van der Waals surface area contributed by atoms with Crippen LogP contribution in [-0.4, -0.2) is 28.0 Å². The first-order valence-electron chi connectivity index (χ1n) is 7.88. The fourth-order valence-corrected chi connectivity index (χ4v) is 3.27. The van der Waals surface area contributed by atoms with Gasteiger partial charge in [0.25, 0.3) is 0 Å². The molecule has 1 N–H and O–H groups in total. The minimum Gasteiger partial charge on any atom is -0.356 e. The first-order chi connectivity index (χ1) is 11.3. The van der Waals surface area contributed by atoms with Gasteiger partial charge in [-0.05, 0) is 43.2 Å². The average molecular weight is 303 g/mol. The topological polar surface area (TPSA) is 68.6 Å². The molecule has 1 aliphatic rings. The van der Waals surface area contributed by atoms with Crippen LogP contribution in [0.5, 0.6) is 0 Å². The van der Waals surface area contributed by atoms with Crippen LogP contribution in [0.2, 0.25) is 0 Å². The van der Waals surface area contributed by atoms with Crippen molar-refractivity contribution in [2.24, 2.45) is 0 Å². The Kier molecular flexibility index (Phi) is 3.43. The van der Waals surface area contributed by atoms with Gasteiger partial charge in [0.15, 0.2) is 0 Å². The van der Waals surface area contributed by atoms with Crippen molar-refractivity contribution in [2.75, 3.05) is 18.0 Å². The van der Waals surface area contributed by atoms with E-state index in [0.29, 0.717) is 11.5 Å². The van der Waals surface area contributed by atoms with Crippen molar-refractivity contribution in [1.82, 2.24) is 15.0 Å². The Morgan fingerprint density at radius 2 is 2.22 bits per heavy atom. The summed E-state index contributed by atoms with van der Waals surface area (Å²) in [7, 11) is 0. The highest BCUT2D eigenvalue weighted by Crippen LogP contribution is 2.28. The quantitative estimate of drug-likeness (QED) is 0.789. The molecule has 1 aromatic carbocycles. The molecule has 1 unspecified atom stereocenters. The molecule has 1 saturated heterocycles. The first-order valence-corrected chi connectivity index (χ1v) is 7.88. The molecule has 0 radical (unpaired) electrons. The summed E-state index contributed by atoms with van der Waals surface area (Å²) >= 11 is 0. The van der Waals surface area contributed by atoms with Gasteiger partial charge < -0.3 is 9.88 Å². The van der Waals surface area contributed by atoms with Crippen LogP contribution < -0.4 is 4.90 Å². The zero-order valence-corrected chi connectivity index (χ0v) is 12.7. The maximum atomic E-state index is 8.99. The maximum Gasteiger partial charge on any atom is 0.129 e. The van der Waals surface area contributed by atoms with E-state index in [1.807, 2.05) is 36.7 Å². The number of piperidine rings is 1. The van der Waals surface area contributed by atoms with E-state index in [1.165, 1.54) is 0 Å². The molecule has 3 heterocycles. The van der Waals surface area contributed by atoms with Crippen molar-refractivity contribution in [3.63, 3.8) is 0 Å². The number of aromatic nitrogens is 3. The number of nitrogens with one attached hydrogen (secondary N) is 1. The van der Waals surface area contributed by atoms with Crippen LogP contribution in [0.15, 0.2) is 42.7 Å². The third-order valence-electron chi connectivity index (χ3n) is 4.46. The summed E-state index contributed by atoms with van der Waals surface area (Å²) in [5.41, 5.74) is 1.60. The van der Waals surface area contributed by atoms with E-state index in [1.54, 1.807) is 0 Å². The summed E-state index contributed by atoms with van der Waals surface area (Å²) < 4.78 is 0. The number of nitrogens with zero attached hydrogens (tertiary/aromatic N) is 4. The summed E-state index contributed by atoms with van der Waals surface area (Å²) in [6.45, 7) is 1.95. The highest BCUT2D eigenvalue weighted by Gasteiger charge is 2.23. The van der Waals surface area contributed by atoms with Gasteiger partial charge in [0.2, 0.25) is 0 Å². The molecular formula is C18H17N5. The molecule has 3 aromatic rings. The lowest BCUT2D eigenvalue weighted by molar-refractivity contribution is 0.492. The Hall–Kier alpha value is -2.87. The van der Waals surface area contributed by atoms with Crippen LogP contribution in [0.3, 0.4) is 0 Å². The number of aromatic amines is 1. The van der Waals surface area contributed by atoms with Crippen molar-refractivity contribution in [3.8, 4) is 6.07 Å². The average Bonchev–Trinajstić information content (AvgIpc) is 3.15. The molecule has 0 saturated carbocycles. The molecule has 0 amide bonds. The summed E-state index contributed by atoms with van der Waals surface area (Å²) in [6, 6.07) is 11.9. The SMILES string of the molecule is N#Cc1ccc2nc(N3CCCC(c4ncc[nH]4)C3)ccc2c1. The Morgan fingerprint density at radius 1 is 1.26 bits per heavy atom. The predicted octanol–water partition coefficient (Wildman–Crippen LogP) is 3.21. The molecule has 1 aliphatic heterocycles. The first kappa shape index (κ1) is 13.8. The molecule has 4 rings (SSSR count). The van der Waals surface area contributed by atoms with E-state index in [2.05, 4.69) is 27.0 Å². The lowest BCUT2D eigenvalue weighted by atomic mass is 9.97. The second-order valence-corrected chi connectivity index (χ2v) is 5.95. The molecule has 23 heavy (non-hydrogen) atoms. The number of pyridine rings is 1. The molecule has 0 spiro atoms. The summed E-state index contributed by atoms with van der Waals surface area (Å²) in [4.78, 5) is 14.7. The van der Waals surface area contributed by atoms with Crippen LogP contribution in [0.1, 0.15) is 30.1 Å². The van der Waals surface area contributed by atoms with Gasteiger partial charge in [-0.1, -0.05) is 0 Å². The van der Waals surface area contributed by atoms with Crippen molar-refractivity contribution in [1.29, 1.82) is 5.26 Å². The Labute approximate surface area is 134 Å². The number of fused-ring (bicyclic) bond motifs is 1. The van der Waals surface area contributed by atoms with Gasteiger partial charge in [-0.15, -0.1) is 0 Å². The number of anilines is 1. The number of imidazole rings is 1. The third-order valence-corrected chi connectivity index (χ3v) is 4.46. The zero-order valence-electron chi connectivity index (χ0n) is 12.7. The molecule has 1 fully saturated rings. The van der Waals surface area contributed by atoms with Crippen LogP contribution in [0.25, 0.3) is 10.9 Å². The smallest absolute Gasteiger partial charge is 0.129 e. The van der Waals surface area contributed by atoms with E-state index in [0.717, 1.165) is 48.5 Å². The molecule has 2 aromatic heterocycles. The number of hydrogen-bond acceptors (Lipinski definition) is 4. The van der Waals surface area contributed by atoms with Gasteiger partial charge in [-0.3, -0.25) is 0 Å². The molecule has 5 heteroatoms. The molecule has 0 aliphatic carbocycles. The van der Waals surface area contributed by atoms with Crippen molar-refractivity contribution in [3.05, 3.63) is 54.1 Å². The van der Waals surface area contributed by atoms with Crippen molar-refractivity contribution in [2.45, 2.75) is 18.8 Å². The summed E-state index contributed by atoms with van der Waals surface area (Å²) in [5, 5.41) is 9.99. The van der Waals surface area contributed by atoms with Gasteiger partial charge in [0, 0.05) is 36.8 Å². The summed E-state index contributed by atoms with van der Waals surface area (Å²) in [5.74, 6) is 2.49. The fourth-order valence-electron chi connectivity index (χ4n) is 3.27. The van der Waals surface area contributed by atoms with Crippen molar-refractivity contribution < 1.29 is 0 Å². The van der Waals surface area contributed by atoms with Gasteiger partial charge in [0.1, 0.15) is 11.6 Å². The lowest BCUT2D eigenvalue weighted by Crippen LogP contribution is -2.35. The van der Waals surface area contributed by atoms with Crippen molar-refractivity contribution >= 4 is 16.7 Å². The van der Waals surface area contributed by atoms with Crippen LogP contribution in [0.4, 0.5) is 5.82 Å². The number of hydrogen-bond donors (Lipinski definition) is 1. The minimum atomic E-state index is 0.428. The number of H-pyrrole nitrogens is 1. The number of nitriles is 1. The minimum absolute atomic E-state index is 0.428. The fraction of sp³-hybridized carbons (Fsp3) is 0.278. The van der Waals surface area contributed by atoms with E-state index >= 15 is 0 Å². The maximum absolute atomic E-state index is 8.99. The van der Waals surface area contributed by atoms with Gasteiger partial charge >= 0.3 is 0 Å². The Morgan fingerprint density at radius 3 is 3.04 bits per heavy atom. The molecule has 0 bridgehead atoms. The predicted molar refractivity (Wildman–Crippen MR) is 89.2 cm³/mol. The highest BCUT2D eigenvalue weighted by molar-refractivity contribution is 5.81. The van der Waals surface area contributed by atoms with E-state index in [4.69, 9.17) is 10.2 Å². The Balaban J connectivity index is 1.62. The molecule has 5 nitrogen and oxygen atoms in total. The van der Waals surface area contributed by atoms with Crippen LogP contribution in [0, 0.1) is 11.3 Å². The van der Waals surface area contributed by atoms with E-state index in [-0.39, 0.29) is 0 Å². The van der Waals surface area contributed by atoms with E-state index < -0.39 is 0 Å². The van der Waals surface area contributed by atoms with Gasteiger partial charge in [-0.25, -0.2) is 9.97 Å². The number of benzene rings is 1. The second kappa shape index (κ2) is 5.73. The van der Waals surface area contributed by atoms with Gasteiger partial charge in [-0.2, -0.15) is 5.26 Å². The second-order valence-electron chi connectivity index (χ2n) is 5.95. The van der Waals surface area contributed by atoms with Gasteiger partial charge in [0.05, 0.1) is 17.1 Å². The molecule has 114 valence electrons. The standard InChI is InChI=1S/C18H17N5/c19-11-13-3-5-16-14(10-13)4-6-17(22-16)23-9-1-2-15(12-23)18-20-7-8-21-18/h3-8,10,15H,1-2,9,12H2,(H,20,21). The lowest BCUT2D eigenvalue weighted by Gasteiger charge is -2.32. The monoisotopic (exact) mass is 303 g/mol. The largest absolute Gasteiger partial charge is 0.356 e. The summed E-state index contributed by atoms with van der Waals surface area (Å²) in [6.07, 6.45) is 5.99. The zero-order chi connectivity index (χ0) is 15.6. The highest BCUT2D eigenvalue weighted by atomic mass is 15.2. The molecule has 1 atom stereocenters. The number of rotatable bonds is 2. The molecular weight excluding hydrogens is 286 g/mol. The van der Waals surface area contributed by atoms with Crippen LogP contribution >= 0.6 is 0 Å². The van der Waals surface area contributed by atoms with E-state index in [9.17, 15) is 0 Å².